The van der Waals surface area contributed by atoms with E-state index >= 15 is 0 Å². The maximum absolute atomic E-state index is 12.8. The van der Waals surface area contributed by atoms with Crippen molar-refractivity contribution in [3.05, 3.63) is 29.8 Å². The summed E-state index contributed by atoms with van der Waals surface area (Å²) in [5.74, 6) is 0.352. The lowest BCUT2D eigenvalue weighted by atomic mass is 9.86. The Bertz CT molecular complexity index is 496. The summed E-state index contributed by atoms with van der Waals surface area (Å²) in [6.07, 6.45) is 6.50. The van der Waals surface area contributed by atoms with Crippen LogP contribution in [0.1, 0.15) is 51.0 Å². The minimum Gasteiger partial charge on any atom is -0.223 e. The van der Waals surface area contributed by atoms with Gasteiger partial charge in [0.25, 0.3) is 0 Å². The predicted octanol–water partition coefficient (Wildman–Crippen LogP) is 4.13. The van der Waals surface area contributed by atoms with Crippen LogP contribution in [0, 0.1) is 12.8 Å². The lowest BCUT2D eigenvalue weighted by molar-refractivity contribution is 0.336. The Balaban J connectivity index is 2.27. The lowest BCUT2D eigenvalue weighted by Gasteiger charge is -2.29. The first kappa shape index (κ1) is 14.6. The van der Waals surface area contributed by atoms with E-state index in [9.17, 15) is 8.42 Å². The molecular weight excluding hydrogens is 256 g/mol. The Hall–Kier alpha value is -0.830. The van der Waals surface area contributed by atoms with Crippen molar-refractivity contribution in [2.75, 3.05) is 0 Å². The third kappa shape index (κ3) is 3.19. The largest absolute Gasteiger partial charge is 0.223 e. The van der Waals surface area contributed by atoms with Gasteiger partial charge in [0, 0.05) is 0 Å². The smallest absolute Gasteiger partial charge is 0.181 e. The van der Waals surface area contributed by atoms with Crippen molar-refractivity contribution in [1.29, 1.82) is 0 Å². The van der Waals surface area contributed by atoms with Crippen LogP contribution in [0.5, 0.6) is 0 Å². The molecule has 0 amide bonds. The molecule has 0 heterocycles. The second kappa shape index (κ2) is 6.08. The van der Waals surface area contributed by atoms with Crippen molar-refractivity contribution in [2.45, 2.75) is 62.5 Å². The summed E-state index contributed by atoms with van der Waals surface area (Å²) in [6, 6.07) is 7.30. The average Bonchev–Trinajstić information content (AvgIpc) is 2.41. The molecule has 2 rings (SSSR count). The van der Waals surface area contributed by atoms with E-state index in [1.165, 1.54) is 19.3 Å². The first-order valence-corrected chi connectivity index (χ1v) is 8.91. The van der Waals surface area contributed by atoms with E-state index in [0.29, 0.717) is 10.8 Å². The summed E-state index contributed by atoms with van der Waals surface area (Å²) in [6.45, 7) is 3.99. The third-order valence-corrected chi connectivity index (χ3v) is 6.77. The third-order valence-electron chi connectivity index (χ3n) is 4.33. The summed E-state index contributed by atoms with van der Waals surface area (Å²) in [5, 5.41) is -0.199. The Kier molecular flexibility index (Phi) is 4.67. The van der Waals surface area contributed by atoms with Gasteiger partial charge in [-0.15, -0.1) is 0 Å². The first-order valence-electron chi connectivity index (χ1n) is 7.36. The summed E-state index contributed by atoms with van der Waals surface area (Å²) in [7, 11) is -3.17. The molecule has 106 valence electrons. The fourth-order valence-corrected chi connectivity index (χ4v) is 5.30. The zero-order valence-electron chi connectivity index (χ0n) is 11.9. The van der Waals surface area contributed by atoms with Crippen molar-refractivity contribution in [3.8, 4) is 0 Å². The van der Waals surface area contributed by atoms with Crippen LogP contribution in [0.4, 0.5) is 0 Å². The highest BCUT2D eigenvalue weighted by atomic mass is 32.2. The quantitative estimate of drug-likeness (QED) is 0.831. The summed E-state index contributed by atoms with van der Waals surface area (Å²) in [4.78, 5) is 0.496. The molecule has 1 aliphatic rings. The zero-order chi connectivity index (χ0) is 13.9. The molecule has 1 atom stereocenters. The monoisotopic (exact) mass is 280 g/mol. The van der Waals surface area contributed by atoms with Gasteiger partial charge in [0.05, 0.1) is 10.1 Å². The number of rotatable bonds is 4. The first-order chi connectivity index (χ1) is 9.05. The van der Waals surface area contributed by atoms with Crippen LogP contribution in [0.15, 0.2) is 29.2 Å². The van der Waals surface area contributed by atoms with Gasteiger partial charge >= 0.3 is 0 Å². The Morgan fingerprint density at radius 3 is 2.21 bits per heavy atom. The van der Waals surface area contributed by atoms with Crippen LogP contribution in [0.2, 0.25) is 0 Å². The predicted molar refractivity (Wildman–Crippen MR) is 79.0 cm³/mol. The van der Waals surface area contributed by atoms with E-state index in [1.807, 2.05) is 26.0 Å². The molecule has 0 N–H and O–H groups in total. The summed E-state index contributed by atoms with van der Waals surface area (Å²) < 4.78 is 25.5. The van der Waals surface area contributed by atoms with Gasteiger partial charge in [-0.1, -0.05) is 43.9 Å². The number of sulfone groups is 1. The molecule has 1 aromatic carbocycles. The van der Waals surface area contributed by atoms with Gasteiger partial charge in [0.15, 0.2) is 9.84 Å². The van der Waals surface area contributed by atoms with Gasteiger partial charge < -0.3 is 0 Å². The van der Waals surface area contributed by atoms with Gasteiger partial charge in [-0.3, -0.25) is 0 Å². The molecule has 1 aliphatic carbocycles. The van der Waals surface area contributed by atoms with E-state index in [1.54, 1.807) is 12.1 Å². The van der Waals surface area contributed by atoms with Gasteiger partial charge in [-0.2, -0.15) is 0 Å². The van der Waals surface area contributed by atoms with Crippen LogP contribution in [0.3, 0.4) is 0 Å². The highest BCUT2D eigenvalue weighted by molar-refractivity contribution is 7.92. The minimum atomic E-state index is -3.17. The number of aryl methyl sites for hydroxylation is 1. The number of benzene rings is 1. The minimum absolute atomic E-state index is 0.199. The van der Waals surface area contributed by atoms with Crippen molar-refractivity contribution < 1.29 is 8.42 Å². The van der Waals surface area contributed by atoms with E-state index in [2.05, 4.69) is 0 Å². The second-order valence-electron chi connectivity index (χ2n) is 5.70. The Morgan fingerprint density at radius 2 is 1.68 bits per heavy atom. The van der Waals surface area contributed by atoms with Crippen molar-refractivity contribution in [3.63, 3.8) is 0 Å². The molecule has 0 bridgehead atoms. The normalized spacial score (nSPS) is 19.3. The van der Waals surface area contributed by atoms with Gasteiger partial charge in [-0.25, -0.2) is 8.42 Å². The van der Waals surface area contributed by atoms with E-state index in [4.69, 9.17) is 0 Å². The molecule has 0 aromatic heterocycles. The topological polar surface area (TPSA) is 34.1 Å². The molecular formula is C16H24O2S. The fraction of sp³-hybridized carbons (Fsp3) is 0.625. The lowest BCUT2D eigenvalue weighted by Crippen LogP contribution is -2.31. The highest BCUT2D eigenvalue weighted by Gasteiger charge is 2.33. The van der Waals surface area contributed by atoms with Crippen LogP contribution in [0.25, 0.3) is 0 Å². The molecule has 0 aliphatic heterocycles. The highest BCUT2D eigenvalue weighted by Crippen LogP contribution is 2.34. The summed E-state index contributed by atoms with van der Waals surface area (Å²) in [5.41, 5.74) is 1.10. The molecule has 0 radical (unpaired) electrons. The average molecular weight is 280 g/mol. The zero-order valence-corrected chi connectivity index (χ0v) is 12.7. The molecule has 19 heavy (non-hydrogen) atoms. The van der Waals surface area contributed by atoms with Crippen molar-refractivity contribution in [1.82, 2.24) is 0 Å². The molecule has 0 saturated heterocycles. The van der Waals surface area contributed by atoms with Gasteiger partial charge in [-0.05, 0) is 44.2 Å². The second-order valence-corrected chi connectivity index (χ2v) is 7.87. The Labute approximate surface area is 117 Å². The van der Waals surface area contributed by atoms with Gasteiger partial charge in [0.2, 0.25) is 0 Å². The molecule has 1 saturated carbocycles. The molecule has 1 aromatic rings. The van der Waals surface area contributed by atoms with E-state index in [0.717, 1.165) is 24.8 Å². The number of hydrogen-bond acceptors (Lipinski definition) is 2. The standard InChI is InChI=1S/C16H24O2S/c1-3-16(14-7-5-4-6-8-14)19(17,18)15-11-9-13(2)10-12-15/h9-12,14,16H,3-8H2,1-2H3. The maximum Gasteiger partial charge on any atom is 0.181 e. The van der Waals surface area contributed by atoms with Crippen LogP contribution >= 0.6 is 0 Å². The van der Waals surface area contributed by atoms with Crippen LogP contribution in [-0.2, 0) is 9.84 Å². The summed E-state index contributed by atoms with van der Waals surface area (Å²) >= 11 is 0. The molecule has 1 fully saturated rings. The van der Waals surface area contributed by atoms with Crippen LogP contribution in [-0.4, -0.2) is 13.7 Å². The number of hydrogen-bond donors (Lipinski definition) is 0. The molecule has 3 heteroatoms. The van der Waals surface area contributed by atoms with Crippen LogP contribution < -0.4 is 0 Å². The van der Waals surface area contributed by atoms with Crippen molar-refractivity contribution >= 4 is 9.84 Å². The fourth-order valence-electron chi connectivity index (χ4n) is 3.21. The van der Waals surface area contributed by atoms with Crippen molar-refractivity contribution in [2.24, 2.45) is 5.92 Å². The van der Waals surface area contributed by atoms with E-state index in [-0.39, 0.29) is 5.25 Å². The van der Waals surface area contributed by atoms with E-state index < -0.39 is 9.84 Å². The molecule has 1 unspecified atom stereocenters. The molecule has 2 nitrogen and oxygen atoms in total. The Morgan fingerprint density at radius 1 is 1.11 bits per heavy atom. The maximum atomic E-state index is 12.8. The SMILES string of the molecule is CCC(C1CCCCC1)S(=O)(=O)c1ccc(C)cc1. The molecule has 0 spiro atoms. The van der Waals surface area contributed by atoms with Gasteiger partial charge in [0.1, 0.15) is 0 Å².